The van der Waals surface area contributed by atoms with Crippen LogP contribution in [0, 0.1) is 13.8 Å². The molecule has 0 saturated heterocycles. The molecular weight excluding hydrogens is 898 g/mol. The molecule has 0 amide bonds. The zero-order valence-corrected chi connectivity index (χ0v) is 45.5. The van der Waals surface area contributed by atoms with E-state index < -0.39 is 0 Å². The molecule has 0 unspecified atom stereocenters. The average molecular weight is 966 g/mol. The lowest BCUT2D eigenvalue weighted by Gasteiger charge is -2.46. The molecule has 0 saturated carbocycles. The Morgan fingerprint density at radius 1 is 0.581 bits per heavy atom. The topological polar surface area (TPSA) is 24.6 Å². The number of fused-ring (bicyclic) bond motifs is 6. The van der Waals surface area contributed by atoms with E-state index in [9.17, 15) is 0 Å². The number of hydrogen-bond acceptors (Lipinski definition) is 3. The van der Waals surface area contributed by atoms with Gasteiger partial charge in [-0.25, -0.2) is 0 Å². The molecular formula is C69H68BN3O. The first-order valence-corrected chi connectivity index (χ1v) is 26.2. The number of furan rings is 1. The third-order valence-corrected chi connectivity index (χ3v) is 15.7. The Morgan fingerprint density at radius 3 is 1.80 bits per heavy atom. The Morgan fingerprint density at radius 2 is 1.19 bits per heavy atom. The van der Waals surface area contributed by atoms with Gasteiger partial charge in [0.1, 0.15) is 11.0 Å². The molecule has 2 aliphatic heterocycles. The maximum Gasteiger partial charge on any atom is 0.252 e. The van der Waals surface area contributed by atoms with Crippen molar-refractivity contribution in [2.24, 2.45) is 0 Å². The van der Waals surface area contributed by atoms with Gasteiger partial charge >= 0.3 is 0 Å². The first-order chi connectivity index (χ1) is 35.2. The van der Waals surface area contributed by atoms with Gasteiger partial charge in [-0.1, -0.05) is 167 Å². The number of rotatable bonds is 7. The Hall–Kier alpha value is -7.76. The summed E-state index contributed by atoms with van der Waals surface area (Å²) in [5.41, 5.74) is 24.8. The van der Waals surface area contributed by atoms with Crippen molar-refractivity contribution in [3.05, 3.63) is 214 Å². The summed E-state index contributed by atoms with van der Waals surface area (Å²) in [6.07, 6.45) is 8.36. The van der Waals surface area contributed by atoms with E-state index in [1.807, 2.05) is 30.4 Å². The van der Waals surface area contributed by atoms with Crippen LogP contribution in [0.4, 0.5) is 34.1 Å². The molecule has 74 heavy (non-hydrogen) atoms. The molecule has 0 bridgehead atoms. The largest absolute Gasteiger partial charge is 0.455 e. The zero-order valence-electron chi connectivity index (χ0n) is 45.5. The summed E-state index contributed by atoms with van der Waals surface area (Å²) < 4.78 is 8.97. The molecule has 4 heterocycles. The highest BCUT2D eigenvalue weighted by Crippen LogP contribution is 2.49. The van der Waals surface area contributed by atoms with Crippen molar-refractivity contribution in [2.75, 3.05) is 9.80 Å². The minimum absolute atomic E-state index is 0.0138. The van der Waals surface area contributed by atoms with E-state index >= 15 is 0 Å². The van der Waals surface area contributed by atoms with Crippen LogP contribution in [0.1, 0.15) is 114 Å². The predicted molar refractivity (Wildman–Crippen MR) is 321 cm³/mol. The van der Waals surface area contributed by atoms with E-state index in [1.165, 1.54) is 55.5 Å². The second kappa shape index (κ2) is 17.4. The Balaban J connectivity index is 1.29. The lowest BCUT2D eigenvalue weighted by molar-refractivity contribution is 0.573. The second-order valence-electron chi connectivity index (χ2n) is 23.7. The van der Waals surface area contributed by atoms with Crippen LogP contribution in [-0.4, -0.2) is 11.3 Å². The van der Waals surface area contributed by atoms with Crippen LogP contribution < -0.4 is 36.8 Å². The van der Waals surface area contributed by atoms with E-state index in [4.69, 9.17) is 4.42 Å². The zero-order chi connectivity index (χ0) is 52.3. The maximum atomic E-state index is 6.57. The van der Waals surface area contributed by atoms with Crippen LogP contribution >= 0.6 is 0 Å². The van der Waals surface area contributed by atoms with Crippen LogP contribution in [0.5, 0.6) is 0 Å². The lowest BCUT2D eigenvalue weighted by Crippen LogP contribution is -2.61. The molecule has 0 radical (unpaired) electrons. The molecule has 0 aliphatic carbocycles. The lowest BCUT2D eigenvalue weighted by atomic mass is 9.33. The summed E-state index contributed by atoms with van der Waals surface area (Å²) >= 11 is 0. The van der Waals surface area contributed by atoms with Crippen molar-refractivity contribution in [1.82, 2.24) is 4.57 Å². The van der Waals surface area contributed by atoms with Gasteiger partial charge in [-0.3, -0.25) is 0 Å². The van der Waals surface area contributed by atoms with E-state index in [0.29, 0.717) is 0 Å². The molecule has 0 atom stereocenters. The molecule has 0 spiro atoms. The minimum Gasteiger partial charge on any atom is -0.455 e. The molecule has 2 aromatic heterocycles. The quantitative estimate of drug-likeness (QED) is 0.149. The third kappa shape index (κ3) is 7.65. The fourth-order valence-electron chi connectivity index (χ4n) is 11.9. The monoisotopic (exact) mass is 966 g/mol. The SMILES string of the molecule is C=C/C(c1cc(C)c(N2c3cc4c(cc3B3c5cc(C(C)(C)C)ccc5N(c5ccc(C(C)(C)C)cc5)c5cc(C(C)(C)C)cc2c53)c(/C=C\C)c(C=C)n4-c2ccccc2)c(C)c1)=c1/oc2ccccc2c1=C. The molecule has 7 aromatic carbocycles. The van der Waals surface area contributed by atoms with E-state index in [0.717, 1.165) is 83.4 Å². The normalized spacial score (nSPS) is 13.9. The second-order valence-corrected chi connectivity index (χ2v) is 23.7. The Labute approximate surface area is 439 Å². The summed E-state index contributed by atoms with van der Waals surface area (Å²) in [4.78, 5) is 5.17. The van der Waals surface area contributed by atoms with Crippen molar-refractivity contribution < 1.29 is 4.42 Å². The summed E-state index contributed by atoms with van der Waals surface area (Å²) in [6, 6.07) is 50.1. The third-order valence-electron chi connectivity index (χ3n) is 15.7. The van der Waals surface area contributed by atoms with Crippen molar-refractivity contribution in [1.29, 1.82) is 0 Å². The number of aryl methyl sites for hydroxylation is 2. The van der Waals surface area contributed by atoms with Crippen molar-refractivity contribution in [3.63, 3.8) is 0 Å². The fraction of sp³-hybridized carbons (Fsp3) is 0.217. The highest BCUT2D eigenvalue weighted by molar-refractivity contribution is 7.00. The summed E-state index contributed by atoms with van der Waals surface area (Å²) in [7, 11) is 0. The number of hydrogen-bond donors (Lipinski definition) is 0. The number of benzene rings is 7. The van der Waals surface area contributed by atoms with Gasteiger partial charge in [0.25, 0.3) is 6.71 Å². The number of para-hydroxylation sites is 2. The highest BCUT2D eigenvalue weighted by Gasteiger charge is 2.45. The van der Waals surface area contributed by atoms with Gasteiger partial charge < -0.3 is 18.8 Å². The van der Waals surface area contributed by atoms with Gasteiger partial charge in [0.05, 0.1) is 16.9 Å². The van der Waals surface area contributed by atoms with Crippen molar-refractivity contribution >= 4 is 103 Å². The van der Waals surface area contributed by atoms with E-state index in [1.54, 1.807) is 0 Å². The summed E-state index contributed by atoms with van der Waals surface area (Å²) in [5.74, 6) is 0. The van der Waals surface area contributed by atoms with Gasteiger partial charge in [0.15, 0.2) is 0 Å². The Kier molecular flexibility index (Phi) is 11.4. The van der Waals surface area contributed by atoms with E-state index in [-0.39, 0.29) is 23.0 Å². The molecule has 0 fully saturated rings. The van der Waals surface area contributed by atoms with Crippen LogP contribution in [0.25, 0.3) is 51.9 Å². The van der Waals surface area contributed by atoms with Gasteiger partial charge in [-0.15, -0.1) is 0 Å². The minimum atomic E-state index is -0.183. The first kappa shape index (κ1) is 48.5. The van der Waals surface area contributed by atoms with Crippen molar-refractivity contribution in [2.45, 2.75) is 99.3 Å². The molecule has 11 rings (SSSR count). The number of anilines is 6. The summed E-state index contributed by atoms with van der Waals surface area (Å²) in [5, 5.41) is 3.06. The standard InChI is InChI=1S/C69H68BN3O/c1-16-24-53-54-40-56-60(41-59(54)71(57(53)18-3)49-25-20-19-21-26-49)73(65-42(4)35-45(36-43(65)5)51(17-2)66-44(6)52-27-22-23-28-63(52)74-66)62-39-48(69(13,14)15)38-61-64(62)70(56)55-37-47(68(10,11)12)31-34-58(55)72(61)50-32-29-46(30-33-50)67(7,8)9/h16-41H,2-3,6H2,1,4-5,7-15H3/b24-16-,66-51-. The molecule has 0 N–H and O–H groups in total. The molecule has 9 aromatic rings. The fourth-order valence-corrected chi connectivity index (χ4v) is 11.9. The number of allylic oxidation sites excluding steroid dienone is 2. The average Bonchev–Trinajstić information content (AvgIpc) is 3.89. The first-order valence-electron chi connectivity index (χ1n) is 26.2. The molecule has 5 heteroatoms. The Bertz CT molecular complexity index is 3910. The number of aromatic nitrogens is 1. The van der Waals surface area contributed by atoms with Crippen LogP contribution in [0.2, 0.25) is 0 Å². The van der Waals surface area contributed by atoms with Gasteiger partial charge in [-0.2, -0.15) is 0 Å². The van der Waals surface area contributed by atoms with Crippen LogP contribution in [0.15, 0.2) is 163 Å². The molecule has 2 aliphatic rings. The summed E-state index contributed by atoms with van der Waals surface area (Å²) in [6.45, 7) is 40.8. The van der Waals surface area contributed by atoms with Gasteiger partial charge in [0.2, 0.25) is 0 Å². The van der Waals surface area contributed by atoms with Gasteiger partial charge in [-0.05, 0) is 160 Å². The molecule has 4 nitrogen and oxygen atoms in total. The number of nitrogens with zero attached hydrogens (tertiary/aromatic N) is 3. The van der Waals surface area contributed by atoms with Crippen molar-refractivity contribution in [3.8, 4) is 5.69 Å². The molecule has 368 valence electrons. The van der Waals surface area contributed by atoms with Crippen LogP contribution in [0.3, 0.4) is 0 Å². The van der Waals surface area contributed by atoms with E-state index in [2.05, 4.69) is 245 Å². The smallest absolute Gasteiger partial charge is 0.252 e. The predicted octanol–water partition coefficient (Wildman–Crippen LogP) is 15.4. The highest BCUT2D eigenvalue weighted by atomic mass is 16.3. The van der Waals surface area contributed by atoms with Crippen LogP contribution in [-0.2, 0) is 16.2 Å². The van der Waals surface area contributed by atoms with Gasteiger partial charge in [0, 0.05) is 61.3 Å². The maximum absolute atomic E-state index is 6.57.